The van der Waals surface area contributed by atoms with Gasteiger partial charge in [-0.2, -0.15) is 5.10 Å². The normalized spacial score (nSPS) is 12.0. The number of aryl methyl sites for hydroxylation is 1. The Kier molecular flexibility index (Phi) is 5.19. The standard InChI is InChI=1S/C19H21N3O2S/c1-13-6-4-8-17(14(13)2)24-15(3)19(23)21-18-9-10-20-22(18)12-16-7-5-11-25-16/h4-11,15H,12H2,1-3H3,(H,21,23)/t15-/m0/s1. The predicted molar refractivity (Wildman–Crippen MR) is 100 cm³/mol. The van der Waals surface area contributed by atoms with Crippen LogP contribution in [0.2, 0.25) is 0 Å². The van der Waals surface area contributed by atoms with E-state index in [0.717, 1.165) is 16.9 Å². The van der Waals surface area contributed by atoms with Gasteiger partial charge in [0.05, 0.1) is 12.7 Å². The highest BCUT2D eigenvalue weighted by Crippen LogP contribution is 2.22. The molecule has 0 aliphatic heterocycles. The van der Waals surface area contributed by atoms with E-state index in [4.69, 9.17) is 4.74 Å². The molecule has 130 valence electrons. The molecule has 0 radical (unpaired) electrons. The van der Waals surface area contributed by atoms with Gasteiger partial charge < -0.3 is 10.1 Å². The van der Waals surface area contributed by atoms with Gasteiger partial charge >= 0.3 is 0 Å². The summed E-state index contributed by atoms with van der Waals surface area (Å²) in [5.74, 6) is 1.19. The Morgan fingerprint density at radius 3 is 2.88 bits per heavy atom. The highest BCUT2D eigenvalue weighted by atomic mass is 32.1. The Hall–Kier alpha value is -2.60. The first-order valence-electron chi connectivity index (χ1n) is 8.12. The molecule has 3 rings (SSSR count). The zero-order valence-electron chi connectivity index (χ0n) is 14.5. The molecular weight excluding hydrogens is 334 g/mol. The lowest BCUT2D eigenvalue weighted by Gasteiger charge is -2.17. The maximum Gasteiger partial charge on any atom is 0.266 e. The molecule has 5 nitrogen and oxygen atoms in total. The number of nitrogens with zero attached hydrogens (tertiary/aromatic N) is 2. The fraction of sp³-hybridized carbons (Fsp3) is 0.263. The van der Waals surface area contributed by atoms with Crippen LogP contribution in [0.4, 0.5) is 5.82 Å². The van der Waals surface area contributed by atoms with E-state index in [9.17, 15) is 4.79 Å². The Bertz CT molecular complexity index is 855. The van der Waals surface area contributed by atoms with E-state index in [-0.39, 0.29) is 5.91 Å². The van der Waals surface area contributed by atoms with E-state index >= 15 is 0 Å². The average molecular weight is 355 g/mol. The molecule has 3 aromatic rings. The van der Waals surface area contributed by atoms with Crippen LogP contribution < -0.4 is 10.1 Å². The number of carbonyl (C=O) groups excluding carboxylic acids is 1. The summed E-state index contributed by atoms with van der Waals surface area (Å²) >= 11 is 1.66. The van der Waals surface area contributed by atoms with Crippen molar-refractivity contribution in [2.75, 3.05) is 5.32 Å². The topological polar surface area (TPSA) is 56.1 Å². The van der Waals surface area contributed by atoms with E-state index in [1.807, 2.05) is 49.6 Å². The van der Waals surface area contributed by atoms with Gasteiger partial charge in [0.2, 0.25) is 0 Å². The lowest BCUT2D eigenvalue weighted by Crippen LogP contribution is -2.31. The second-order valence-electron chi connectivity index (χ2n) is 5.90. The minimum absolute atomic E-state index is 0.200. The summed E-state index contributed by atoms with van der Waals surface area (Å²) in [4.78, 5) is 13.7. The number of anilines is 1. The maximum absolute atomic E-state index is 12.5. The number of aromatic nitrogens is 2. The van der Waals surface area contributed by atoms with Gasteiger partial charge in [0.25, 0.3) is 5.91 Å². The van der Waals surface area contributed by atoms with Crippen LogP contribution in [0.1, 0.15) is 22.9 Å². The van der Waals surface area contributed by atoms with Gasteiger partial charge in [-0.05, 0) is 49.4 Å². The third-order valence-corrected chi connectivity index (χ3v) is 4.94. The van der Waals surface area contributed by atoms with Gasteiger partial charge in [-0.3, -0.25) is 4.79 Å². The molecule has 2 heterocycles. The molecule has 2 aromatic heterocycles. The highest BCUT2D eigenvalue weighted by molar-refractivity contribution is 7.09. The Morgan fingerprint density at radius 1 is 1.28 bits per heavy atom. The first kappa shape index (κ1) is 17.2. The number of thiophene rings is 1. The third-order valence-electron chi connectivity index (χ3n) is 4.08. The number of nitrogens with one attached hydrogen (secondary N) is 1. The van der Waals surface area contributed by atoms with Gasteiger partial charge in [0.1, 0.15) is 11.6 Å². The summed E-state index contributed by atoms with van der Waals surface area (Å²) in [6.45, 7) is 6.39. The maximum atomic E-state index is 12.5. The van der Waals surface area contributed by atoms with Crippen molar-refractivity contribution in [3.8, 4) is 5.75 Å². The first-order valence-corrected chi connectivity index (χ1v) is 9.00. The monoisotopic (exact) mass is 355 g/mol. The van der Waals surface area contributed by atoms with Crippen molar-refractivity contribution >= 4 is 23.1 Å². The smallest absolute Gasteiger partial charge is 0.266 e. The molecule has 1 aromatic carbocycles. The molecule has 0 saturated carbocycles. The van der Waals surface area contributed by atoms with Crippen molar-refractivity contribution in [2.24, 2.45) is 0 Å². The molecule has 0 spiro atoms. The average Bonchev–Trinajstić information content (AvgIpc) is 3.25. The summed E-state index contributed by atoms with van der Waals surface area (Å²) in [5.41, 5.74) is 2.18. The number of hydrogen-bond donors (Lipinski definition) is 1. The van der Waals surface area contributed by atoms with Crippen LogP contribution in [-0.2, 0) is 11.3 Å². The Balaban J connectivity index is 1.66. The Morgan fingerprint density at radius 2 is 2.12 bits per heavy atom. The fourth-order valence-electron chi connectivity index (χ4n) is 2.44. The zero-order chi connectivity index (χ0) is 17.8. The van der Waals surface area contributed by atoms with E-state index in [1.165, 1.54) is 4.88 Å². The molecule has 25 heavy (non-hydrogen) atoms. The minimum atomic E-state index is -0.606. The van der Waals surface area contributed by atoms with Crippen molar-refractivity contribution in [2.45, 2.75) is 33.4 Å². The van der Waals surface area contributed by atoms with Crippen LogP contribution >= 0.6 is 11.3 Å². The number of amides is 1. The molecule has 0 fully saturated rings. The van der Waals surface area contributed by atoms with Crippen LogP contribution in [0.3, 0.4) is 0 Å². The van der Waals surface area contributed by atoms with Gasteiger partial charge in [-0.15, -0.1) is 11.3 Å². The van der Waals surface area contributed by atoms with Crippen LogP contribution in [0, 0.1) is 13.8 Å². The second-order valence-corrected chi connectivity index (χ2v) is 6.93. The van der Waals surface area contributed by atoms with Gasteiger partial charge in [0.15, 0.2) is 6.10 Å². The number of rotatable bonds is 6. The molecule has 1 N–H and O–H groups in total. The highest BCUT2D eigenvalue weighted by Gasteiger charge is 2.18. The molecule has 0 saturated heterocycles. The predicted octanol–water partition coefficient (Wildman–Crippen LogP) is 4.02. The summed E-state index contributed by atoms with van der Waals surface area (Å²) in [6.07, 6.45) is 1.07. The van der Waals surface area contributed by atoms with Gasteiger partial charge in [0, 0.05) is 10.9 Å². The molecule has 0 aliphatic rings. The van der Waals surface area contributed by atoms with E-state index in [2.05, 4.69) is 10.4 Å². The SMILES string of the molecule is Cc1cccc(O[C@@H](C)C(=O)Nc2ccnn2Cc2cccs2)c1C. The second kappa shape index (κ2) is 7.53. The van der Waals surface area contributed by atoms with Gasteiger partial charge in [-0.1, -0.05) is 18.2 Å². The van der Waals surface area contributed by atoms with E-state index < -0.39 is 6.10 Å². The van der Waals surface area contributed by atoms with Crippen molar-refractivity contribution in [1.29, 1.82) is 0 Å². The summed E-state index contributed by atoms with van der Waals surface area (Å²) in [5, 5.41) is 9.20. The van der Waals surface area contributed by atoms with Crippen molar-refractivity contribution in [3.05, 3.63) is 64.0 Å². The molecule has 1 amide bonds. The lowest BCUT2D eigenvalue weighted by molar-refractivity contribution is -0.122. The first-order chi connectivity index (χ1) is 12.0. The van der Waals surface area contributed by atoms with Crippen molar-refractivity contribution in [3.63, 3.8) is 0 Å². The summed E-state index contributed by atoms with van der Waals surface area (Å²) in [7, 11) is 0. The Labute approximate surface area is 151 Å². The van der Waals surface area contributed by atoms with Crippen molar-refractivity contribution < 1.29 is 9.53 Å². The van der Waals surface area contributed by atoms with Gasteiger partial charge in [-0.25, -0.2) is 4.68 Å². The fourth-order valence-corrected chi connectivity index (χ4v) is 3.12. The zero-order valence-corrected chi connectivity index (χ0v) is 15.3. The summed E-state index contributed by atoms with van der Waals surface area (Å²) < 4.78 is 7.61. The van der Waals surface area contributed by atoms with E-state index in [1.54, 1.807) is 35.2 Å². The number of ether oxygens (including phenoxy) is 1. The minimum Gasteiger partial charge on any atom is -0.481 e. The molecule has 6 heteroatoms. The van der Waals surface area contributed by atoms with Crippen LogP contribution in [0.25, 0.3) is 0 Å². The molecular formula is C19H21N3O2S. The molecule has 0 bridgehead atoms. The molecule has 0 aliphatic carbocycles. The lowest BCUT2D eigenvalue weighted by atomic mass is 10.1. The number of benzene rings is 1. The van der Waals surface area contributed by atoms with Crippen molar-refractivity contribution in [1.82, 2.24) is 9.78 Å². The largest absolute Gasteiger partial charge is 0.481 e. The molecule has 0 unspecified atom stereocenters. The third kappa shape index (κ3) is 4.09. The van der Waals surface area contributed by atoms with Crippen LogP contribution in [-0.4, -0.2) is 21.8 Å². The van der Waals surface area contributed by atoms with Crippen LogP contribution in [0.5, 0.6) is 5.75 Å². The quantitative estimate of drug-likeness (QED) is 0.727. The van der Waals surface area contributed by atoms with E-state index in [0.29, 0.717) is 12.4 Å². The van der Waals surface area contributed by atoms with Crippen LogP contribution in [0.15, 0.2) is 48.0 Å². The molecule has 1 atom stereocenters. The number of carbonyl (C=O) groups is 1. The summed E-state index contributed by atoms with van der Waals surface area (Å²) in [6, 6.07) is 11.7. The number of hydrogen-bond acceptors (Lipinski definition) is 4.